The van der Waals surface area contributed by atoms with Crippen molar-refractivity contribution in [3.05, 3.63) is 65.5 Å². The van der Waals surface area contributed by atoms with Crippen molar-refractivity contribution in [1.29, 1.82) is 0 Å². The number of anilines is 1. The summed E-state index contributed by atoms with van der Waals surface area (Å²) in [6, 6.07) is 14.1. The van der Waals surface area contributed by atoms with Crippen LogP contribution in [-0.2, 0) is 16.0 Å². The molecule has 3 rings (SSSR count). The van der Waals surface area contributed by atoms with Crippen LogP contribution in [-0.4, -0.2) is 29.1 Å². The standard InChI is InChI=1S/C19H17N3O4/c1-12-6-3-4-9-15(12)18-21-17(26-22-18)11-16(23)20-14-8-5-7-13(10-14)19(24)25-2/h3-10H,11H2,1-2H3,(H,20,23). The topological polar surface area (TPSA) is 94.3 Å². The summed E-state index contributed by atoms with van der Waals surface area (Å²) in [5.41, 5.74) is 2.71. The molecule has 0 fully saturated rings. The van der Waals surface area contributed by atoms with E-state index >= 15 is 0 Å². The van der Waals surface area contributed by atoms with Crippen molar-refractivity contribution < 1.29 is 18.8 Å². The van der Waals surface area contributed by atoms with Gasteiger partial charge in [0.25, 0.3) is 0 Å². The van der Waals surface area contributed by atoms with Crippen molar-refractivity contribution in [2.24, 2.45) is 0 Å². The minimum Gasteiger partial charge on any atom is -0.465 e. The number of rotatable bonds is 5. The molecule has 0 aliphatic rings. The zero-order valence-electron chi connectivity index (χ0n) is 14.4. The Kier molecular flexibility index (Phi) is 5.07. The lowest BCUT2D eigenvalue weighted by Gasteiger charge is -2.05. The number of esters is 1. The quantitative estimate of drug-likeness (QED) is 0.710. The van der Waals surface area contributed by atoms with Gasteiger partial charge in [0.05, 0.1) is 12.7 Å². The van der Waals surface area contributed by atoms with E-state index in [-0.39, 0.29) is 18.2 Å². The minimum absolute atomic E-state index is 0.0681. The minimum atomic E-state index is -0.471. The van der Waals surface area contributed by atoms with Gasteiger partial charge >= 0.3 is 5.97 Å². The van der Waals surface area contributed by atoms with Crippen LogP contribution in [0.4, 0.5) is 5.69 Å². The lowest BCUT2D eigenvalue weighted by atomic mass is 10.1. The maximum atomic E-state index is 12.2. The average Bonchev–Trinajstić information content (AvgIpc) is 3.09. The van der Waals surface area contributed by atoms with Gasteiger partial charge in [-0.1, -0.05) is 35.5 Å². The van der Waals surface area contributed by atoms with E-state index in [1.165, 1.54) is 13.2 Å². The Balaban J connectivity index is 1.68. The summed E-state index contributed by atoms with van der Waals surface area (Å²) < 4.78 is 9.83. The fourth-order valence-corrected chi connectivity index (χ4v) is 2.44. The van der Waals surface area contributed by atoms with Crippen LogP contribution < -0.4 is 5.32 Å². The second-order valence-corrected chi connectivity index (χ2v) is 5.62. The molecule has 0 atom stereocenters. The number of carbonyl (C=O) groups is 2. The molecular formula is C19H17N3O4. The van der Waals surface area contributed by atoms with Crippen molar-refractivity contribution >= 4 is 17.6 Å². The number of hydrogen-bond donors (Lipinski definition) is 1. The van der Waals surface area contributed by atoms with Crippen molar-refractivity contribution in [3.63, 3.8) is 0 Å². The molecule has 1 amide bonds. The monoisotopic (exact) mass is 351 g/mol. The van der Waals surface area contributed by atoms with Crippen LogP contribution in [0.5, 0.6) is 0 Å². The van der Waals surface area contributed by atoms with E-state index in [1.54, 1.807) is 18.2 Å². The number of aromatic nitrogens is 2. The Bertz CT molecular complexity index is 949. The first-order chi connectivity index (χ1) is 12.6. The summed E-state index contributed by atoms with van der Waals surface area (Å²) in [5, 5.41) is 6.62. The molecule has 1 N–H and O–H groups in total. The third-order valence-corrected chi connectivity index (χ3v) is 3.73. The summed E-state index contributed by atoms with van der Waals surface area (Å²) in [5.74, 6) is -0.142. The molecule has 0 unspecified atom stereocenters. The van der Waals surface area contributed by atoms with Crippen LogP contribution in [0.2, 0.25) is 0 Å². The zero-order valence-corrected chi connectivity index (χ0v) is 14.4. The Labute approximate surface area is 150 Å². The molecule has 132 valence electrons. The molecular weight excluding hydrogens is 334 g/mol. The number of aryl methyl sites for hydroxylation is 1. The molecule has 7 heteroatoms. The molecule has 1 aromatic heterocycles. The number of hydrogen-bond acceptors (Lipinski definition) is 6. The second-order valence-electron chi connectivity index (χ2n) is 5.62. The average molecular weight is 351 g/mol. The van der Waals surface area contributed by atoms with E-state index < -0.39 is 5.97 Å². The lowest BCUT2D eigenvalue weighted by molar-refractivity contribution is -0.115. The molecule has 3 aromatic rings. The number of ether oxygens (including phenoxy) is 1. The predicted octanol–water partition coefficient (Wildman–Crippen LogP) is 3.01. The van der Waals surface area contributed by atoms with Gasteiger partial charge in [-0.3, -0.25) is 4.79 Å². The number of nitrogens with one attached hydrogen (secondary N) is 1. The molecule has 0 aliphatic heterocycles. The fraction of sp³-hybridized carbons (Fsp3) is 0.158. The molecule has 0 aliphatic carbocycles. The highest BCUT2D eigenvalue weighted by Gasteiger charge is 2.14. The lowest BCUT2D eigenvalue weighted by Crippen LogP contribution is -2.15. The third kappa shape index (κ3) is 3.94. The first-order valence-corrected chi connectivity index (χ1v) is 7.93. The highest BCUT2D eigenvalue weighted by molar-refractivity contribution is 5.95. The van der Waals surface area contributed by atoms with Gasteiger partial charge in [-0.2, -0.15) is 4.98 Å². The Morgan fingerprint density at radius 3 is 2.73 bits per heavy atom. The Morgan fingerprint density at radius 1 is 1.15 bits per heavy atom. The number of amides is 1. The molecule has 0 radical (unpaired) electrons. The molecule has 7 nitrogen and oxygen atoms in total. The zero-order chi connectivity index (χ0) is 18.5. The first kappa shape index (κ1) is 17.3. The highest BCUT2D eigenvalue weighted by Crippen LogP contribution is 2.20. The Hall–Kier alpha value is -3.48. The number of benzene rings is 2. The van der Waals surface area contributed by atoms with Crippen molar-refractivity contribution in [1.82, 2.24) is 10.1 Å². The Morgan fingerprint density at radius 2 is 1.96 bits per heavy atom. The van der Waals surface area contributed by atoms with Crippen molar-refractivity contribution in [3.8, 4) is 11.4 Å². The van der Waals surface area contributed by atoms with Crippen LogP contribution in [0.3, 0.4) is 0 Å². The van der Waals surface area contributed by atoms with Crippen LogP contribution in [0.15, 0.2) is 53.1 Å². The van der Waals surface area contributed by atoms with Gasteiger partial charge in [-0.05, 0) is 30.7 Å². The summed E-state index contributed by atoms with van der Waals surface area (Å²) in [6.45, 7) is 1.95. The normalized spacial score (nSPS) is 10.4. The summed E-state index contributed by atoms with van der Waals surface area (Å²) >= 11 is 0. The first-order valence-electron chi connectivity index (χ1n) is 7.93. The van der Waals surface area contributed by atoms with Crippen LogP contribution in [0, 0.1) is 6.92 Å². The summed E-state index contributed by atoms with van der Waals surface area (Å²) in [6.07, 6.45) is -0.0681. The fourth-order valence-electron chi connectivity index (χ4n) is 2.44. The molecule has 0 saturated carbocycles. The molecule has 0 bridgehead atoms. The largest absolute Gasteiger partial charge is 0.465 e. The maximum absolute atomic E-state index is 12.2. The summed E-state index contributed by atoms with van der Waals surface area (Å²) in [4.78, 5) is 28.0. The van der Waals surface area contributed by atoms with Crippen molar-refractivity contribution in [2.45, 2.75) is 13.3 Å². The van der Waals surface area contributed by atoms with Gasteiger partial charge in [0.15, 0.2) is 0 Å². The van der Waals surface area contributed by atoms with Gasteiger partial charge < -0.3 is 14.6 Å². The van der Waals surface area contributed by atoms with Crippen LogP contribution in [0.1, 0.15) is 21.8 Å². The maximum Gasteiger partial charge on any atom is 0.337 e. The van der Waals surface area contributed by atoms with E-state index in [0.717, 1.165) is 11.1 Å². The smallest absolute Gasteiger partial charge is 0.337 e. The van der Waals surface area contributed by atoms with Gasteiger partial charge in [0.1, 0.15) is 6.42 Å². The van der Waals surface area contributed by atoms with Gasteiger partial charge in [0, 0.05) is 11.3 Å². The molecule has 0 saturated heterocycles. The van der Waals surface area contributed by atoms with E-state index in [9.17, 15) is 9.59 Å². The van der Waals surface area contributed by atoms with E-state index in [2.05, 4.69) is 20.2 Å². The highest BCUT2D eigenvalue weighted by atomic mass is 16.5. The summed E-state index contributed by atoms with van der Waals surface area (Å²) in [7, 11) is 1.30. The van der Waals surface area contributed by atoms with E-state index in [1.807, 2.05) is 31.2 Å². The predicted molar refractivity (Wildman–Crippen MR) is 94.6 cm³/mol. The van der Waals surface area contributed by atoms with E-state index in [4.69, 9.17) is 4.52 Å². The number of nitrogens with zero attached hydrogens (tertiary/aromatic N) is 2. The van der Waals surface area contributed by atoms with Gasteiger partial charge in [0.2, 0.25) is 17.6 Å². The number of carbonyl (C=O) groups excluding carboxylic acids is 2. The third-order valence-electron chi connectivity index (χ3n) is 3.73. The van der Waals surface area contributed by atoms with Crippen molar-refractivity contribution in [2.75, 3.05) is 12.4 Å². The molecule has 1 heterocycles. The van der Waals surface area contributed by atoms with Gasteiger partial charge in [-0.25, -0.2) is 4.79 Å². The van der Waals surface area contributed by atoms with Gasteiger partial charge in [-0.15, -0.1) is 0 Å². The molecule has 0 spiro atoms. The van der Waals surface area contributed by atoms with Crippen LogP contribution in [0.25, 0.3) is 11.4 Å². The SMILES string of the molecule is COC(=O)c1cccc(NC(=O)Cc2nc(-c3ccccc3C)no2)c1. The molecule has 26 heavy (non-hydrogen) atoms. The van der Waals surface area contributed by atoms with E-state index in [0.29, 0.717) is 17.1 Å². The van der Waals surface area contributed by atoms with Crippen LogP contribution >= 0.6 is 0 Å². The second kappa shape index (κ2) is 7.60. The molecule has 2 aromatic carbocycles. The number of methoxy groups -OCH3 is 1.